The largest absolute Gasteiger partial charge is 0.481 e. The zero-order chi connectivity index (χ0) is 109. The van der Waals surface area contributed by atoms with Crippen LogP contribution in [-0.4, -0.2) is 486 Å². The Morgan fingerprint density at radius 3 is 1.31 bits per heavy atom. The van der Waals surface area contributed by atoms with Crippen molar-refractivity contribution < 1.29 is 236 Å². The summed E-state index contributed by atoms with van der Waals surface area (Å²) in [6.45, 7) is 11.5. The van der Waals surface area contributed by atoms with E-state index in [9.17, 15) is 146 Å². The molecule has 2 aromatic rings. The number of aliphatic carboxylic acids is 2. The number of carbonyl (C=O) groups excluding carboxylic acids is 5. The molecular weight excluding hydrogens is 2050 g/mol. The maximum atomic E-state index is 14.2. The van der Waals surface area contributed by atoms with Crippen LogP contribution < -0.4 is 5.73 Å². The van der Waals surface area contributed by atoms with Gasteiger partial charge in [-0.15, -0.1) is 17.9 Å². The van der Waals surface area contributed by atoms with Crippen LogP contribution in [0.4, 0.5) is 0 Å². The van der Waals surface area contributed by atoms with Crippen molar-refractivity contribution in [2.45, 2.75) is 383 Å². The lowest BCUT2D eigenvalue weighted by atomic mass is 9.71. The Morgan fingerprint density at radius 2 is 0.926 bits per heavy atom. The first kappa shape index (κ1) is 124. The molecule has 23 aliphatic rings. The molecule has 25 rings (SSSR count). The molecule has 0 spiro atoms. The van der Waals surface area contributed by atoms with E-state index >= 15 is 0 Å². The van der Waals surface area contributed by atoms with Crippen molar-refractivity contribution in [3.05, 3.63) is 41.4 Å². The van der Waals surface area contributed by atoms with Crippen molar-refractivity contribution in [3.8, 4) is 0 Å². The summed E-state index contributed by atoms with van der Waals surface area (Å²) in [5, 5.41) is 249. The number of allylic oxidation sites excluding steroid dienone is 1. The molecule has 23 aliphatic heterocycles. The van der Waals surface area contributed by atoms with Gasteiger partial charge in [0.05, 0.1) is 128 Å². The van der Waals surface area contributed by atoms with Gasteiger partial charge in [-0.25, -0.2) is 4.98 Å². The first-order valence-electron chi connectivity index (χ1n) is 50.3. The quantitative estimate of drug-likeness (QED) is 0.0131. The number of fused-ring (bicyclic) bond motifs is 2. The first-order chi connectivity index (χ1) is 70.8. The van der Waals surface area contributed by atoms with Crippen LogP contribution >= 0.6 is 34.9 Å². The number of aryl methyl sites for hydroxylation is 1. The van der Waals surface area contributed by atoms with Gasteiger partial charge in [-0.3, -0.25) is 33.6 Å². The van der Waals surface area contributed by atoms with E-state index in [2.05, 4.69) is 18.5 Å². The van der Waals surface area contributed by atoms with Crippen molar-refractivity contribution in [2.75, 3.05) is 89.0 Å². The molecule has 0 saturated carbocycles. The number of carboxylic acid groups (broad SMARTS) is 2. The number of thiazole rings is 1. The van der Waals surface area contributed by atoms with E-state index in [4.69, 9.17) is 95.7 Å². The summed E-state index contributed by atoms with van der Waals surface area (Å²) in [4.78, 5) is 94.5. The predicted molar refractivity (Wildman–Crippen MR) is 512 cm³/mol. The van der Waals surface area contributed by atoms with Crippen LogP contribution in [0.5, 0.6) is 0 Å². The monoisotopic (exact) mass is 2190 g/mol. The topological polar surface area (TPSA) is 782 Å². The highest BCUT2D eigenvalue weighted by Crippen LogP contribution is 2.49. The second-order valence-electron chi connectivity index (χ2n) is 40.0. The highest BCUT2D eigenvalue weighted by atomic mass is 32.2. The van der Waals surface area contributed by atoms with Gasteiger partial charge in [0.1, 0.15) is 188 Å². The summed E-state index contributed by atoms with van der Waals surface area (Å²) in [5.74, 6) is -9.00. The number of cyclic esters (lactones) is 1. The lowest BCUT2D eigenvalue weighted by Gasteiger charge is -2.50. The number of aliphatic hydroxyl groups excluding tert-OH is 20. The molecule has 149 heavy (non-hydrogen) atoms. The molecule has 1 aromatic carbocycles. The van der Waals surface area contributed by atoms with Gasteiger partial charge in [-0.05, 0) is 103 Å². The number of ether oxygens (including phenoxy) is 19. The van der Waals surface area contributed by atoms with Gasteiger partial charge in [0.15, 0.2) is 44.0 Å². The van der Waals surface area contributed by atoms with Crippen LogP contribution in [0, 0.1) is 36.0 Å². The zero-order valence-corrected chi connectivity index (χ0v) is 86.3. The number of aliphatic hydroxyl groups is 20. The molecule has 14 bridgehead atoms. The average molecular weight is 2200 g/mol. The highest BCUT2D eigenvalue weighted by Gasteiger charge is 2.62. The Labute approximate surface area is 871 Å². The van der Waals surface area contributed by atoms with Crippen molar-refractivity contribution >= 4 is 86.3 Å². The smallest absolute Gasteiger partial charge is 0.310 e. The number of carboxylic acids is 2. The number of nitrogens with zero attached hydrogens (tertiary/aromatic N) is 1. The van der Waals surface area contributed by atoms with Crippen molar-refractivity contribution in [2.24, 2.45) is 34.8 Å². The number of epoxide rings is 1. The maximum absolute atomic E-state index is 14.2. The molecule has 24 heterocycles. The number of Topliss-reactive ketones (excluding diaryl/α,β-unsaturated/α-hetero) is 3. The third-order valence-electron chi connectivity index (χ3n) is 28.7. The van der Waals surface area contributed by atoms with E-state index in [-0.39, 0.29) is 111 Å². The minimum atomic E-state index is -2.31. The number of hydrogen-bond acceptors (Lipinski definition) is 51. The Hall–Kier alpha value is -5.08. The molecule has 0 radical (unpaired) electrons. The number of aromatic nitrogens is 1. The van der Waals surface area contributed by atoms with E-state index in [1.165, 1.54) is 6.92 Å². The van der Waals surface area contributed by atoms with Gasteiger partial charge in [0.2, 0.25) is 0 Å². The minimum absolute atomic E-state index is 0.0656. The fraction of sp³-hybridized carbons (Fsp3) is 0.833. The molecule has 16 unspecified atom stereocenters. The molecule has 44 atom stereocenters. The molecule has 850 valence electrons. The molecule has 0 amide bonds. The van der Waals surface area contributed by atoms with Crippen molar-refractivity contribution in [3.63, 3.8) is 0 Å². The lowest BCUT2D eigenvalue weighted by molar-refractivity contribution is -0.395. The van der Waals surface area contributed by atoms with Crippen molar-refractivity contribution in [1.82, 2.24) is 4.98 Å². The summed E-state index contributed by atoms with van der Waals surface area (Å²) in [6, 6.07) is 5.92. The third kappa shape index (κ3) is 31.6. The van der Waals surface area contributed by atoms with Gasteiger partial charge in [0, 0.05) is 61.0 Å². The second-order valence-corrected chi connectivity index (χ2v) is 43.3. The number of carbonyl (C=O) groups is 7. The molecular formula is C96H150N2O48S3. The highest BCUT2D eigenvalue weighted by molar-refractivity contribution is 7.99. The number of hydrogen-bond donors (Lipinski definition) is 23. The van der Waals surface area contributed by atoms with Gasteiger partial charge < -0.3 is 208 Å². The van der Waals surface area contributed by atoms with E-state index < -0.39 is 331 Å². The zero-order valence-electron chi connectivity index (χ0n) is 83.8. The van der Waals surface area contributed by atoms with Crippen LogP contribution in [0.15, 0.2) is 30.9 Å². The number of thioether (sulfide) groups is 2. The Bertz CT molecular complexity index is 4530. The van der Waals surface area contributed by atoms with Crippen LogP contribution in [0.3, 0.4) is 0 Å². The average Bonchev–Trinajstić information content (AvgIpc) is 1.71. The number of esters is 2. The number of rotatable bonds is 36. The van der Waals surface area contributed by atoms with E-state index in [0.717, 1.165) is 70.0 Å². The van der Waals surface area contributed by atoms with Crippen LogP contribution in [0.2, 0.25) is 0 Å². The molecule has 0 aliphatic carbocycles. The van der Waals surface area contributed by atoms with Gasteiger partial charge in [0.25, 0.3) is 0 Å². The standard InChI is InChI=1S/C60H98O41S2.C36H52N2O7S/c1-3-21(52(82)83)16-102-18-29-50-36(73)43(80)59(93-29)98-48-27(14-64)89-55(39(76)32(48)69)95-45-24(11-61)88-54(38(75)31(45)68)96-46-26(13-63)92-58(42(79)35(46)72)101-51-30(19-103-17-22(53(84)85)10-23(67)5-7-87-9-8-86-6-4-20(2)66)94-60(44(81)37(51)74)99-49-28(15-65)90-56(40(77)33(49)70)97-47-25(12-62)91-57(100-50)41(78)34(47)71;1-7-12-25-33(41)22(2)13-11-17-36(6)30(45-36)20-27(24-15-16-28-26(19-24)38-23(3)46-28)43-32(40)21-29(35(4,5)34(25)42)44-31(39)14-9-8-10-18-37/h21-22,24-51,54-65,68-81H,3-19H2,1-2H3,(H,82,83)(H,84,85);7,15-16,19,22,25,27,29-30,33,41H,1,8-14,17-18,20-21,37H2,2-6H3/t21?,22?,24?,25?,26?,27?,28?,29?,30?,31-,32-,33-,34-,35-,36-,37-,38?,39?,40?,41?,42?,43?,44?,45-,46-,47-,48-,49-,50-,51-,54-,55-,56+,57+,58-,59+,60-;22-,25+,27-,29-,30-,33-,36+/m10/s1. The van der Waals surface area contributed by atoms with Crippen LogP contribution in [0.25, 0.3) is 10.2 Å². The summed E-state index contributed by atoms with van der Waals surface area (Å²) in [7, 11) is 0. The SMILES string of the molecule is C=CC[C@H]1C(=O)C(C)(C)[C@@H](OC(=O)CCCCCN)CC(=O)O[C@H](c2ccc3sc(C)nc3c2)C[C@@H]2O[C@]2(C)CCC[C@H](C)[C@@H]1O.CCC(CSCC1O[C@H]2O[C@@H]3C(CO)O[C@H](O[C@@H]4C(CO)O[C@H](O[C@@H]5C(CO)O[C@H](O[C@@H]6C(CSCC(CC(=O)CCOCCOCCC(C)=O)C(=O)O)O[C@H](O[C@@H]7C(CO)O[C@@H](O[C@@H]8C(CO)O[C@@H](O[C@H]1[C@H](O)C2O)C(O)[C@H]8O)C(O)[C@H]7O)C(O)[C@H]6O)C(O)[C@H]5O)C(O)[C@H]4O)C(O)[C@H]3O)C(=O)O. The molecule has 1 aromatic heterocycles. The molecule has 23 saturated heterocycles. The first-order valence-corrected chi connectivity index (χ1v) is 53.4. The summed E-state index contributed by atoms with van der Waals surface area (Å²) < 4.78 is 113. The Morgan fingerprint density at radius 1 is 0.530 bits per heavy atom. The fourth-order valence-electron chi connectivity index (χ4n) is 19.4. The lowest BCUT2D eigenvalue weighted by Crippen LogP contribution is -2.68. The number of ketones is 3. The van der Waals surface area contributed by atoms with Gasteiger partial charge in [-0.2, -0.15) is 23.5 Å². The van der Waals surface area contributed by atoms with E-state index in [1.807, 2.05) is 32.0 Å². The molecule has 50 nitrogen and oxygen atoms in total. The Balaban J connectivity index is 0.000000380. The van der Waals surface area contributed by atoms with Crippen LogP contribution in [0.1, 0.15) is 148 Å². The Kier molecular flexibility index (Phi) is 47.8. The summed E-state index contributed by atoms with van der Waals surface area (Å²) >= 11 is 3.33. The summed E-state index contributed by atoms with van der Waals surface area (Å²) in [6.07, 6.45) is -68.7. The normalized spacial score (nSPS) is 40.5. The minimum Gasteiger partial charge on any atom is -0.481 e. The summed E-state index contributed by atoms with van der Waals surface area (Å²) in [5.41, 5.74) is 5.60. The van der Waals surface area contributed by atoms with E-state index in [1.54, 1.807) is 38.2 Å². The number of unbranched alkanes of at least 4 members (excludes halogenated alkanes) is 2. The number of benzene rings is 1. The molecule has 23 fully saturated rings. The fourth-order valence-corrected chi connectivity index (χ4v) is 22.7. The predicted octanol–water partition coefficient (Wildman–Crippen LogP) is -5.05. The maximum Gasteiger partial charge on any atom is 0.310 e. The molecule has 53 heteroatoms. The second kappa shape index (κ2) is 57.4. The van der Waals surface area contributed by atoms with Crippen LogP contribution in [-0.2, 0) is 124 Å². The number of nitrogens with two attached hydrogens (primary N) is 1. The van der Waals surface area contributed by atoms with Crippen molar-refractivity contribution in [1.29, 1.82) is 0 Å². The third-order valence-corrected chi connectivity index (χ3v) is 32.0. The molecule has 24 N–H and O–H groups in total. The van der Waals surface area contributed by atoms with E-state index in [0.29, 0.717) is 25.8 Å². The van der Waals surface area contributed by atoms with Gasteiger partial charge in [-0.1, -0.05) is 38.8 Å². The van der Waals surface area contributed by atoms with Gasteiger partial charge >= 0.3 is 23.9 Å².